The number of ether oxygens (including phenoxy) is 2. The maximum absolute atomic E-state index is 8.55. The van der Waals surface area contributed by atoms with E-state index < -0.39 is 12.5 Å². The minimum Gasteiger partial charge on any atom is -0.375 e. The molecule has 0 heterocycles. The fourth-order valence-electron chi connectivity index (χ4n) is 1.59. The average molecular weight is 276 g/mol. The van der Waals surface area contributed by atoms with Gasteiger partial charge in [-0.15, -0.1) is 0 Å². The van der Waals surface area contributed by atoms with Crippen LogP contribution in [0.3, 0.4) is 0 Å². The number of hydrogen-bond acceptors (Lipinski definition) is 4. The molecule has 0 aromatic heterocycles. The van der Waals surface area contributed by atoms with E-state index >= 15 is 0 Å². The van der Waals surface area contributed by atoms with Gasteiger partial charge in [-0.25, -0.2) is 0 Å². The second-order valence-corrected chi connectivity index (χ2v) is 3.88. The molecule has 0 aliphatic carbocycles. The van der Waals surface area contributed by atoms with Crippen LogP contribution < -0.4 is 0 Å². The highest BCUT2D eigenvalue weighted by molar-refractivity contribution is 5.17. The Balaban J connectivity index is 2.45. The molecule has 0 aliphatic rings. The molecule has 0 N–H and O–H groups in total. The van der Waals surface area contributed by atoms with Crippen molar-refractivity contribution in [3.05, 3.63) is 56.8 Å². The highest BCUT2D eigenvalue weighted by atomic mass is 16.5. The molecule has 2 atom stereocenters. The standard InChI is InChI=1S/C12H16N6O2/c1-19-11(15-17-13)8-5-9-20-12(16-18-14)10-6-3-2-4-7-10/h2-4,6-7,11-12H,5,8-9H2,1H3. The van der Waals surface area contributed by atoms with E-state index in [1.807, 2.05) is 30.3 Å². The molecule has 1 aromatic rings. The van der Waals surface area contributed by atoms with Crippen LogP contribution in [-0.4, -0.2) is 19.9 Å². The summed E-state index contributed by atoms with van der Waals surface area (Å²) < 4.78 is 10.5. The average Bonchev–Trinajstić information content (AvgIpc) is 2.50. The molecular formula is C12H16N6O2. The van der Waals surface area contributed by atoms with E-state index in [0.717, 1.165) is 5.56 Å². The van der Waals surface area contributed by atoms with Crippen molar-refractivity contribution in [3.63, 3.8) is 0 Å². The first-order chi connectivity index (χ1) is 9.81. The van der Waals surface area contributed by atoms with E-state index in [9.17, 15) is 0 Å². The van der Waals surface area contributed by atoms with Gasteiger partial charge in [0.05, 0.1) is 0 Å². The summed E-state index contributed by atoms with van der Waals surface area (Å²) in [6.45, 7) is 0.374. The Morgan fingerprint density at radius 2 is 1.85 bits per heavy atom. The van der Waals surface area contributed by atoms with Gasteiger partial charge in [-0.05, 0) is 29.5 Å². The van der Waals surface area contributed by atoms with Crippen LogP contribution in [0.1, 0.15) is 24.6 Å². The molecule has 8 nitrogen and oxygen atoms in total. The molecule has 20 heavy (non-hydrogen) atoms. The summed E-state index contributed by atoms with van der Waals surface area (Å²) >= 11 is 0. The number of azide groups is 2. The highest BCUT2D eigenvalue weighted by Gasteiger charge is 2.10. The smallest absolute Gasteiger partial charge is 0.161 e. The Hall–Kier alpha value is -2.24. The number of methoxy groups -OCH3 is 1. The molecule has 0 saturated heterocycles. The second kappa shape index (κ2) is 9.66. The molecule has 0 spiro atoms. The van der Waals surface area contributed by atoms with Gasteiger partial charge in [0.1, 0.15) is 6.23 Å². The molecule has 0 fully saturated rings. The highest BCUT2D eigenvalue weighted by Crippen LogP contribution is 2.19. The van der Waals surface area contributed by atoms with Crippen LogP contribution in [0, 0.1) is 0 Å². The van der Waals surface area contributed by atoms with E-state index in [1.165, 1.54) is 7.11 Å². The maximum Gasteiger partial charge on any atom is 0.161 e. The van der Waals surface area contributed by atoms with Crippen molar-refractivity contribution >= 4 is 0 Å². The minimum absolute atomic E-state index is 0.374. The molecule has 0 saturated carbocycles. The van der Waals surface area contributed by atoms with Gasteiger partial charge in [0.15, 0.2) is 6.23 Å². The molecule has 8 heteroatoms. The third-order valence-corrected chi connectivity index (χ3v) is 2.56. The van der Waals surface area contributed by atoms with Gasteiger partial charge in [-0.3, -0.25) is 0 Å². The summed E-state index contributed by atoms with van der Waals surface area (Å²) in [5.41, 5.74) is 17.7. The first-order valence-electron chi connectivity index (χ1n) is 6.09. The first kappa shape index (κ1) is 15.8. The lowest BCUT2D eigenvalue weighted by molar-refractivity contribution is 0.0403. The van der Waals surface area contributed by atoms with E-state index in [-0.39, 0.29) is 0 Å². The van der Waals surface area contributed by atoms with Crippen LogP contribution in [0.15, 0.2) is 40.6 Å². The Morgan fingerprint density at radius 3 is 2.45 bits per heavy atom. The zero-order valence-corrected chi connectivity index (χ0v) is 11.2. The molecule has 1 rings (SSSR count). The van der Waals surface area contributed by atoms with Crippen LogP contribution in [0.5, 0.6) is 0 Å². The summed E-state index contributed by atoms with van der Waals surface area (Å²) in [5.74, 6) is 0. The summed E-state index contributed by atoms with van der Waals surface area (Å²) in [4.78, 5) is 5.47. The van der Waals surface area contributed by atoms with Gasteiger partial charge in [-0.2, -0.15) is 0 Å². The fraction of sp³-hybridized carbons (Fsp3) is 0.500. The van der Waals surface area contributed by atoms with Gasteiger partial charge < -0.3 is 9.47 Å². The normalized spacial score (nSPS) is 12.8. The van der Waals surface area contributed by atoms with Gasteiger partial charge in [-0.1, -0.05) is 40.6 Å². The third-order valence-electron chi connectivity index (χ3n) is 2.56. The topological polar surface area (TPSA) is 116 Å². The number of hydrogen-bond donors (Lipinski definition) is 0. The van der Waals surface area contributed by atoms with Crippen molar-refractivity contribution in [2.24, 2.45) is 10.2 Å². The van der Waals surface area contributed by atoms with E-state index in [0.29, 0.717) is 19.4 Å². The zero-order valence-electron chi connectivity index (χ0n) is 11.2. The third kappa shape index (κ3) is 5.60. The summed E-state index contributed by atoms with van der Waals surface area (Å²) in [7, 11) is 1.48. The fourth-order valence-corrected chi connectivity index (χ4v) is 1.59. The molecule has 0 amide bonds. The Labute approximate surface area is 116 Å². The largest absolute Gasteiger partial charge is 0.375 e. The van der Waals surface area contributed by atoms with Gasteiger partial charge >= 0.3 is 0 Å². The van der Waals surface area contributed by atoms with Gasteiger partial charge in [0, 0.05) is 23.5 Å². The Kier molecular flexibility index (Phi) is 7.64. The van der Waals surface area contributed by atoms with Crippen molar-refractivity contribution in [3.8, 4) is 0 Å². The molecule has 0 radical (unpaired) electrons. The summed E-state index contributed by atoms with van der Waals surface area (Å²) in [6, 6.07) is 9.23. The van der Waals surface area contributed by atoms with Crippen LogP contribution in [-0.2, 0) is 9.47 Å². The van der Waals surface area contributed by atoms with Crippen LogP contribution in [0.2, 0.25) is 0 Å². The monoisotopic (exact) mass is 276 g/mol. The first-order valence-corrected chi connectivity index (χ1v) is 6.09. The number of rotatable bonds is 9. The van der Waals surface area contributed by atoms with E-state index in [4.69, 9.17) is 20.5 Å². The van der Waals surface area contributed by atoms with Crippen molar-refractivity contribution in [1.82, 2.24) is 0 Å². The molecule has 0 bridgehead atoms. The zero-order chi connectivity index (χ0) is 14.6. The van der Waals surface area contributed by atoms with Crippen LogP contribution in [0.4, 0.5) is 0 Å². The minimum atomic E-state index is -0.651. The van der Waals surface area contributed by atoms with Crippen molar-refractivity contribution in [2.75, 3.05) is 13.7 Å². The van der Waals surface area contributed by atoms with Gasteiger partial charge in [0.25, 0.3) is 0 Å². The molecule has 106 valence electrons. The molecule has 0 aliphatic heterocycles. The Bertz CT molecular complexity index is 482. The van der Waals surface area contributed by atoms with E-state index in [2.05, 4.69) is 20.1 Å². The van der Waals surface area contributed by atoms with Crippen LogP contribution in [0.25, 0.3) is 20.9 Å². The predicted octanol–water partition coefficient (Wildman–Crippen LogP) is 4.08. The lowest BCUT2D eigenvalue weighted by Gasteiger charge is -2.14. The van der Waals surface area contributed by atoms with Crippen molar-refractivity contribution in [1.29, 1.82) is 0 Å². The maximum atomic E-state index is 8.55. The number of benzene rings is 1. The SMILES string of the molecule is COC(CCCOC(N=[N+]=[N-])c1ccccc1)N=[N+]=[N-]. The summed E-state index contributed by atoms with van der Waals surface area (Å²) in [5, 5.41) is 7.09. The molecular weight excluding hydrogens is 260 g/mol. The lowest BCUT2D eigenvalue weighted by atomic mass is 10.2. The second-order valence-electron chi connectivity index (χ2n) is 3.88. The predicted molar refractivity (Wildman–Crippen MR) is 73.5 cm³/mol. The van der Waals surface area contributed by atoms with E-state index in [1.54, 1.807) is 0 Å². The van der Waals surface area contributed by atoms with Crippen molar-refractivity contribution < 1.29 is 9.47 Å². The van der Waals surface area contributed by atoms with Crippen LogP contribution >= 0.6 is 0 Å². The van der Waals surface area contributed by atoms with Crippen molar-refractivity contribution in [2.45, 2.75) is 25.3 Å². The lowest BCUT2D eigenvalue weighted by Crippen LogP contribution is -2.09. The summed E-state index contributed by atoms with van der Waals surface area (Å²) in [6.07, 6.45) is 0.0139. The Morgan fingerprint density at radius 1 is 1.15 bits per heavy atom. The number of nitrogens with zero attached hydrogens (tertiary/aromatic N) is 6. The molecule has 2 unspecified atom stereocenters. The quantitative estimate of drug-likeness (QED) is 0.292. The molecule has 1 aromatic carbocycles. The van der Waals surface area contributed by atoms with Gasteiger partial charge in [0.2, 0.25) is 0 Å².